The number of thioether (sulfide) groups is 1. The van der Waals surface area contributed by atoms with Gasteiger partial charge in [-0.15, -0.1) is 16.9 Å². The quantitative estimate of drug-likeness (QED) is 0.589. The summed E-state index contributed by atoms with van der Waals surface area (Å²) in [6.07, 6.45) is 5.19. The van der Waals surface area contributed by atoms with Crippen molar-refractivity contribution in [1.29, 1.82) is 0 Å². The third kappa shape index (κ3) is 4.84. The van der Waals surface area contributed by atoms with Crippen molar-refractivity contribution in [2.75, 3.05) is 25.4 Å². The summed E-state index contributed by atoms with van der Waals surface area (Å²) < 4.78 is 5.37. The predicted octanol–water partition coefficient (Wildman–Crippen LogP) is 1.52. The van der Waals surface area contributed by atoms with Crippen LogP contribution >= 0.6 is 11.8 Å². The predicted molar refractivity (Wildman–Crippen MR) is 86.8 cm³/mol. The first-order chi connectivity index (χ1) is 11.3. The Kier molecular flexibility index (Phi) is 5.71. The van der Waals surface area contributed by atoms with E-state index in [4.69, 9.17) is 4.42 Å². The molecule has 3 heterocycles. The molecule has 0 bridgehead atoms. The Labute approximate surface area is 139 Å². The van der Waals surface area contributed by atoms with E-state index in [2.05, 4.69) is 25.6 Å². The zero-order valence-electron chi connectivity index (χ0n) is 12.9. The highest BCUT2D eigenvalue weighted by Crippen LogP contribution is 2.19. The molecule has 0 spiro atoms. The van der Waals surface area contributed by atoms with Crippen molar-refractivity contribution >= 4 is 17.7 Å². The lowest BCUT2D eigenvalue weighted by Gasteiger charge is -2.30. The number of piperidine rings is 1. The lowest BCUT2D eigenvalue weighted by atomic mass is 9.96. The van der Waals surface area contributed by atoms with Gasteiger partial charge in [0.05, 0.1) is 19.0 Å². The second-order valence-corrected chi connectivity index (χ2v) is 6.69. The number of nitrogens with zero attached hydrogens (tertiary/aromatic N) is 3. The maximum atomic E-state index is 12.2. The molecular formula is C15H21N5O2S. The molecule has 3 rings (SSSR count). The van der Waals surface area contributed by atoms with Crippen LogP contribution in [0.15, 0.2) is 34.0 Å². The molecule has 23 heavy (non-hydrogen) atoms. The molecule has 7 nitrogen and oxygen atoms in total. The fourth-order valence-corrected chi connectivity index (χ4v) is 3.36. The summed E-state index contributed by atoms with van der Waals surface area (Å²) in [7, 11) is 0. The minimum absolute atomic E-state index is 0.125. The smallest absolute Gasteiger partial charge is 0.223 e. The number of hydrogen-bond donors (Lipinski definition) is 2. The van der Waals surface area contributed by atoms with Gasteiger partial charge in [-0.25, -0.2) is 0 Å². The first-order valence-corrected chi connectivity index (χ1v) is 8.81. The number of amides is 1. The number of rotatable bonds is 7. The van der Waals surface area contributed by atoms with Crippen LogP contribution in [-0.4, -0.2) is 51.6 Å². The molecule has 0 aliphatic carbocycles. The SMILES string of the molecule is O=C(NCCSc1cn[nH]n1)C1CCN(Cc2ccco2)CC1. The lowest BCUT2D eigenvalue weighted by molar-refractivity contribution is -0.126. The van der Waals surface area contributed by atoms with Crippen molar-refractivity contribution in [2.45, 2.75) is 24.4 Å². The van der Waals surface area contributed by atoms with E-state index in [0.29, 0.717) is 6.54 Å². The molecule has 2 aromatic rings. The Morgan fingerprint density at radius 1 is 1.48 bits per heavy atom. The Balaban J connectivity index is 1.31. The van der Waals surface area contributed by atoms with Crippen LogP contribution in [0.1, 0.15) is 18.6 Å². The number of nitrogens with one attached hydrogen (secondary N) is 2. The van der Waals surface area contributed by atoms with Crippen LogP contribution in [0.5, 0.6) is 0 Å². The van der Waals surface area contributed by atoms with Gasteiger partial charge in [0.2, 0.25) is 5.91 Å². The van der Waals surface area contributed by atoms with Crippen molar-refractivity contribution < 1.29 is 9.21 Å². The number of aromatic amines is 1. The number of aromatic nitrogens is 3. The van der Waals surface area contributed by atoms with Crippen molar-refractivity contribution in [3.05, 3.63) is 30.4 Å². The third-order valence-electron chi connectivity index (χ3n) is 3.96. The largest absolute Gasteiger partial charge is 0.468 e. The second kappa shape index (κ2) is 8.16. The summed E-state index contributed by atoms with van der Waals surface area (Å²) in [6.45, 7) is 3.36. The van der Waals surface area contributed by atoms with E-state index in [-0.39, 0.29) is 11.8 Å². The number of furan rings is 1. The average molecular weight is 335 g/mol. The van der Waals surface area contributed by atoms with Crippen LogP contribution < -0.4 is 5.32 Å². The van der Waals surface area contributed by atoms with Crippen LogP contribution in [-0.2, 0) is 11.3 Å². The van der Waals surface area contributed by atoms with Gasteiger partial charge >= 0.3 is 0 Å². The Morgan fingerprint density at radius 3 is 3.04 bits per heavy atom. The van der Waals surface area contributed by atoms with Gasteiger partial charge in [0.1, 0.15) is 10.8 Å². The van der Waals surface area contributed by atoms with E-state index in [0.717, 1.165) is 49.0 Å². The average Bonchev–Trinajstić information content (AvgIpc) is 3.26. The minimum atomic E-state index is 0.125. The first kappa shape index (κ1) is 16.1. The summed E-state index contributed by atoms with van der Waals surface area (Å²) >= 11 is 1.58. The third-order valence-corrected chi connectivity index (χ3v) is 4.86. The molecule has 1 aliphatic heterocycles. The number of H-pyrrole nitrogens is 1. The van der Waals surface area contributed by atoms with Crippen molar-refractivity contribution in [2.24, 2.45) is 5.92 Å². The molecule has 1 amide bonds. The normalized spacial score (nSPS) is 16.5. The Hall–Kier alpha value is -1.80. The molecule has 0 aromatic carbocycles. The summed E-state index contributed by atoms with van der Waals surface area (Å²) in [5.74, 6) is 2.08. The molecular weight excluding hydrogens is 314 g/mol. The van der Waals surface area contributed by atoms with E-state index in [1.54, 1.807) is 24.2 Å². The number of hydrogen-bond acceptors (Lipinski definition) is 6. The van der Waals surface area contributed by atoms with Gasteiger partial charge in [0.15, 0.2) is 0 Å². The van der Waals surface area contributed by atoms with Crippen molar-refractivity contribution in [1.82, 2.24) is 25.6 Å². The van der Waals surface area contributed by atoms with Crippen molar-refractivity contribution in [3.63, 3.8) is 0 Å². The standard InChI is InChI=1S/C15H21N5O2S/c21-15(16-5-9-23-14-10-17-19-18-14)12-3-6-20(7-4-12)11-13-2-1-8-22-13/h1-2,8,10,12H,3-7,9,11H2,(H,16,21)(H,17,18,19). The van der Waals surface area contributed by atoms with Crippen LogP contribution in [0, 0.1) is 5.92 Å². The topological polar surface area (TPSA) is 87.0 Å². The van der Waals surface area contributed by atoms with Gasteiger partial charge in [0.25, 0.3) is 0 Å². The van der Waals surface area contributed by atoms with E-state index >= 15 is 0 Å². The molecule has 1 aliphatic rings. The van der Waals surface area contributed by atoms with Crippen LogP contribution in [0.25, 0.3) is 0 Å². The highest BCUT2D eigenvalue weighted by Gasteiger charge is 2.24. The first-order valence-electron chi connectivity index (χ1n) is 7.82. The molecule has 2 N–H and O–H groups in total. The molecule has 124 valence electrons. The summed E-state index contributed by atoms with van der Waals surface area (Å²) in [5, 5.41) is 14.2. The maximum absolute atomic E-state index is 12.2. The second-order valence-electron chi connectivity index (χ2n) is 5.58. The van der Waals surface area contributed by atoms with Crippen molar-refractivity contribution in [3.8, 4) is 0 Å². The molecule has 1 fully saturated rings. The van der Waals surface area contributed by atoms with E-state index in [9.17, 15) is 4.79 Å². The van der Waals surface area contributed by atoms with Gasteiger partial charge in [-0.2, -0.15) is 10.3 Å². The van der Waals surface area contributed by atoms with Gasteiger partial charge in [-0.1, -0.05) is 0 Å². The molecule has 0 saturated carbocycles. The zero-order valence-corrected chi connectivity index (χ0v) is 13.7. The van der Waals surface area contributed by atoms with Crippen LogP contribution in [0.4, 0.5) is 0 Å². The number of carbonyl (C=O) groups excluding carboxylic acids is 1. The molecule has 0 atom stereocenters. The van der Waals surface area contributed by atoms with E-state index < -0.39 is 0 Å². The summed E-state index contributed by atoms with van der Waals surface area (Å²) in [4.78, 5) is 14.5. The van der Waals surface area contributed by atoms with Crippen LogP contribution in [0.3, 0.4) is 0 Å². The monoisotopic (exact) mass is 335 g/mol. The van der Waals surface area contributed by atoms with E-state index in [1.165, 1.54) is 0 Å². The maximum Gasteiger partial charge on any atom is 0.223 e. The number of likely N-dealkylation sites (tertiary alicyclic amines) is 1. The Bertz CT molecular complexity index is 579. The van der Waals surface area contributed by atoms with Gasteiger partial charge in [-0.3, -0.25) is 9.69 Å². The fourth-order valence-electron chi connectivity index (χ4n) is 2.71. The molecule has 1 saturated heterocycles. The fraction of sp³-hybridized carbons (Fsp3) is 0.533. The summed E-state index contributed by atoms with van der Waals surface area (Å²) in [5.41, 5.74) is 0. The molecule has 2 aromatic heterocycles. The van der Waals surface area contributed by atoms with Gasteiger partial charge < -0.3 is 9.73 Å². The number of carbonyl (C=O) groups is 1. The molecule has 0 radical (unpaired) electrons. The minimum Gasteiger partial charge on any atom is -0.468 e. The molecule has 8 heteroatoms. The summed E-state index contributed by atoms with van der Waals surface area (Å²) in [6, 6.07) is 3.90. The molecule has 0 unspecified atom stereocenters. The van der Waals surface area contributed by atoms with Gasteiger partial charge in [-0.05, 0) is 38.1 Å². The zero-order chi connectivity index (χ0) is 15.9. The van der Waals surface area contributed by atoms with Crippen LogP contribution in [0.2, 0.25) is 0 Å². The highest BCUT2D eigenvalue weighted by atomic mass is 32.2. The Morgan fingerprint density at radius 2 is 2.35 bits per heavy atom. The van der Waals surface area contributed by atoms with Gasteiger partial charge in [0, 0.05) is 18.2 Å². The highest BCUT2D eigenvalue weighted by molar-refractivity contribution is 7.99. The van der Waals surface area contributed by atoms with E-state index in [1.807, 2.05) is 12.1 Å². The lowest BCUT2D eigenvalue weighted by Crippen LogP contribution is -2.40.